The van der Waals surface area contributed by atoms with Crippen molar-refractivity contribution in [2.45, 2.75) is 24.9 Å². The largest absolute Gasteiger partial charge is 0.342 e. The molecule has 3 aliphatic heterocycles. The van der Waals surface area contributed by atoms with Gasteiger partial charge < -0.3 is 5.32 Å². The van der Waals surface area contributed by atoms with Crippen molar-refractivity contribution in [2.24, 2.45) is 11.8 Å². The van der Waals surface area contributed by atoms with Crippen LogP contribution in [0.1, 0.15) is 34.9 Å². The first-order valence-electron chi connectivity index (χ1n) is 10.7. The molecular weight excluding hydrogens is 372 g/mol. The quantitative estimate of drug-likeness (QED) is 0.660. The van der Waals surface area contributed by atoms with Crippen LogP contribution in [0.2, 0.25) is 0 Å². The molecule has 1 aromatic carbocycles. The van der Waals surface area contributed by atoms with Crippen LogP contribution in [0.5, 0.6) is 0 Å². The number of pyridine rings is 2. The Hall–Kier alpha value is -3.05. The maximum Gasteiger partial charge on any atom is 0.270 e. The molecule has 6 rings (SSSR count). The fourth-order valence-corrected chi connectivity index (χ4v) is 5.21. The van der Waals surface area contributed by atoms with Crippen molar-refractivity contribution in [3.05, 3.63) is 84.8 Å². The summed E-state index contributed by atoms with van der Waals surface area (Å²) >= 11 is 0. The lowest BCUT2D eigenvalue weighted by molar-refractivity contribution is 0.00167. The van der Waals surface area contributed by atoms with Crippen LogP contribution in [0, 0.1) is 11.8 Å². The number of piperidine rings is 3. The van der Waals surface area contributed by atoms with Gasteiger partial charge in [0.15, 0.2) is 0 Å². The van der Waals surface area contributed by atoms with Crippen LogP contribution in [0.3, 0.4) is 0 Å². The van der Waals surface area contributed by atoms with E-state index < -0.39 is 0 Å². The number of carbonyl (C=O) groups is 1. The Kier molecular flexibility index (Phi) is 5.05. The van der Waals surface area contributed by atoms with Gasteiger partial charge in [0.1, 0.15) is 5.69 Å². The van der Waals surface area contributed by atoms with E-state index in [1.165, 1.54) is 6.42 Å². The molecule has 5 nitrogen and oxygen atoms in total. The van der Waals surface area contributed by atoms with E-state index in [4.69, 9.17) is 0 Å². The second-order valence-corrected chi connectivity index (χ2v) is 8.33. The third-order valence-corrected chi connectivity index (χ3v) is 6.74. The van der Waals surface area contributed by atoms with Gasteiger partial charge in [0, 0.05) is 30.4 Å². The molecule has 3 aliphatic rings. The normalized spacial score (nSPS) is 26.3. The molecule has 1 amide bonds. The van der Waals surface area contributed by atoms with Crippen molar-refractivity contribution < 1.29 is 4.79 Å². The summed E-state index contributed by atoms with van der Waals surface area (Å²) in [6, 6.07) is 15.8. The predicted molar refractivity (Wildman–Crippen MR) is 118 cm³/mol. The van der Waals surface area contributed by atoms with Crippen molar-refractivity contribution in [1.82, 2.24) is 20.2 Å². The third kappa shape index (κ3) is 3.39. The zero-order chi connectivity index (χ0) is 20.5. The number of para-hydroxylation sites is 1. The van der Waals surface area contributed by atoms with Gasteiger partial charge in [0.2, 0.25) is 0 Å². The minimum absolute atomic E-state index is 0.124. The number of amides is 1. The molecule has 2 aromatic heterocycles. The van der Waals surface area contributed by atoms with Gasteiger partial charge in [-0.05, 0) is 61.1 Å². The number of aromatic nitrogens is 2. The standard InChI is InChI=1S/C25H26N4O/c1-2-17-16-29-14-11-18(17)15-23(29)24(28-25(30)22-9-5-6-12-26-22)20-10-13-27-21-8-4-3-7-19(20)21/h2-10,12-13,17-18,23-24H,1,11,14-16H2,(H,28,30)/t17?,18?,23-,24-/m1/s1. The fourth-order valence-electron chi connectivity index (χ4n) is 5.21. The second kappa shape index (κ2) is 8.00. The first-order valence-corrected chi connectivity index (χ1v) is 10.7. The molecule has 2 bridgehead atoms. The minimum atomic E-state index is -0.135. The molecule has 152 valence electrons. The molecule has 5 heteroatoms. The number of nitrogens with one attached hydrogen (secondary N) is 1. The summed E-state index contributed by atoms with van der Waals surface area (Å²) in [4.78, 5) is 24.4. The fraction of sp³-hybridized carbons (Fsp3) is 0.320. The van der Waals surface area contributed by atoms with Crippen molar-refractivity contribution >= 4 is 16.8 Å². The maximum atomic E-state index is 13.1. The number of nitrogens with zero attached hydrogens (tertiary/aromatic N) is 3. The summed E-state index contributed by atoms with van der Waals surface area (Å²) in [5, 5.41) is 4.42. The first-order chi connectivity index (χ1) is 14.7. The Labute approximate surface area is 176 Å². The van der Waals surface area contributed by atoms with Crippen molar-refractivity contribution in [3.63, 3.8) is 0 Å². The molecule has 0 radical (unpaired) electrons. The average Bonchev–Trinajstić information content (AvgIpc) is 2.83. The molecule has 0 saturated carbocycles. The Balaban J connectivity index is 1.54. The van der Waals surface area contributed by atoms with Gasteiger partial charge in [0.25, 0.3) is 5.91 Å². The third-order valence-electron chi connectivity index (χ3n) is 6.74. The van der Waals surface area contributed by atoms with Gasteiger partial charge in [-0.2, -0.15) is 0 Å². The van der Waals surface area contributed by atoms with Crippen LogP contribution in [0.25, 0.3) is 10.9 Å². The lowest BCUT2D eigenvalue weighted by Crippen LogP contribution is -2.57. The molecule has 5 heterocycles. The molecule has 5 atom stereocenters. The molecular formula is C25H26N4O. The number of fused-ring (bicyclic) bond motifs is 4. The van der Waals surface area contributed by atoms with Gasteiger partial charge in [-0.15, -0.1) is 6.58 Å². The molecule has 3 saturated heterocycles. The molecule has 30 heavy (non-hydrogen) atoms. The van der Waals surface area contributed by atoms with Crippen LogP contribution in [-0.2, 0) is 0 Å². The van der Waals surface area contributed by atoms with Gasteiger partial charge >= 0.3 is 0 Å². The van der Waals surface area contributed by atoms with E-state index in [0.29, 0.717) is 17.5 Å². The minimum Gasteiger partial charge on any atom is -0.342 e. The SMILES string of the molecule is C=CC1CN2CCC1C[C@@H]2[C@H](NC(=O)c1ccccn1)c1ccnc2ccccc12. The van der Waals surface area contributed by atoms with E-state index in [-0.39, 0.29) is 18.0 Å². The number of carbonyl (C=O) groups excluding carboxylic acids is 1. The summed E-state index contributed by atoms with van der Waals surface area (Å²) in [7, 11) is 0. The number of rotatable bonds is 5. The Morgan fingerprint density at radius 1 is 1.13 bits per heavy atom. The van der Waals surface area contributed by atoms with Crippen LogP contribution in [0.15, 0.2) is 73.6 Å². The highest BCUT2D eigenvalue weighted by atomic mass is 16.2. The molecule has 3 unspecified atom stereocenters. The van der Waals surface area contributed by atoms with E-state index in [9.17, 15) is 4.79 Å². The summed E-state index contributed by atoms with van der Waals surface area (Å²) in [6.45, 7) is 6.13. The lowest BCUT2D eigenvalue weighted by atomic mass is 9.73. The van der Waals surface area contributed by atoms with Gasteiger partial charge in [-0.25, -0.2) is 0 Å². The van der Waals surface area contributed by atoms with Crippen molar-refractivity contribution in [1.29, 1.82) is 0 Å². The van der Waals surface area contributed by atoms with Crippen LogP contribution >= 0.6 is 0 Å². The number of benzene rings is 1. The highest BCUT2D eigenvalue weighted by molar-refractivity contribution is 5.93. The van der Waals surface area contributed by atoms with E-state index in [1.54, 1.807) is 12.3 Å². The summed E-state index contributed by atoms with van der Waals surface area (Å²) in [5.41, 5.74) is 2.52. The monoisotopic (exact) mass is 398 g/mol. The Morgan fingerprint density at radius 3 is 2.77 bits per heavy atom. The summed E-state index contributed by atoms with van der Waals surface area (Å²) in [6.07, 6.45) is 7.87. The number of hydrogen-bond donors (Lipinski definition) is 1. The van der Waals surface area contributed by atoms with Crippen LogP contribution < -0.4 is 5.32 Å². The van der Waals surface area contributed by atoms with E-state index >= 15 is 0 Å². The molecule has 1 N–H and O–H groups in total. The zero-order valence-corrected chi connectivity index (χ0v) is 16.9. The highest BCUT2D eigenvalue weighted by Crippen LogP contribution is 2.42. The lowest BCUT2D eigenvalue weighted by Gasteiger charge is -2.51. The van der Waals surface area contributed by atoms with Crippen LogP contribution in [-0.4, -0.2) is 39.9 Å². The second-order valence-electron chi connectivity index (χ2n) is 8.33. The van der Waals surface area contributed by atoms with E-state index in [2.05, 4.69) is 45.0 Å². The van der Waals surface area contributed by atoms with Gasteiger partial charge in [0.05, 0.1) is 11.6 Å². The summed E-state index contributed by atoms with van der Waals surface area (Å²) in [5.74, 6) is 1.03. The van der Waals surface area contributed by atoms with Gasteiger partial charge in [-0.3, -0.25) is 19.7 Å². The predicted octanol–water partition coefficient (Wildman–Crippen LogP) is 4.00. The molecule has 3 fully saturated rings. The molecule has 0 spiro atoms. The summed E-state index contributed by atoms with van der Waals surface area (Å²) < 4.78 is 0. The smallest absolute Gasteiger partial charge is 0.270 e. The van der Waals surface area contributed by atoms with E-state index in [0.717, 1.165) is 36.0 Å². The maximum absolute atomic E-state index is 13.1. The molecule has 3 aromatic rings. The highest BCUT2D eigenvalue weighted by Gasteiger charge is 2.43. The van der Waals surface area contributed by atoms with Crippen molar-refractivity contribution in [3.8, 4) is 0 Å². The topological polar surface area (TPSA) is 58.1 Å². The first kappa shape index (κ1) is 18.9. The van der Waals surface area contributed by atoms with E-state index in [1.807, 2.05) is 36.5 Å². The molecule has 0 aliphatic carbocycles. The van der Waals surface area contributed by atoms with Crippen molar-refractivity contribution in [2.75, 3.05) is 13.1 Å². The Morgan fingerprint density at radius 2 is 2.00 bits per heavy atom. The Bertz CT molecular complexity index is 1060. The average molecular weight is 399 g/mol. The van der Waals surface area contributed by atoms with Gasteiger partial charge in [-0.1, -0.05) is 30.3 Å². The zero-order valence-electron chi connectivity index (χ0n) is 16.9. The van der Waals surface area contributed by atoms with Crippen LogP contribution in [0.4, 0.5) is 0 Å². The number of hydrogen-bond acceptors (Lipinski definition) is 4.